The molecule has 136 valence electrons. The van der Waals surface area contributed by atoms with Gasteiger partial charge in [-0.15, -0.1) is 0 Å². The van der Waals surface area contributed by atoms with Crippen LogP contribution in [0.2, 0.25) is 5.02 Å². The highest BCUT2D eigenvalue weighted by Gasteiger charge is 2.15. The highest BCUT2D eigenvalue weighted by Crippen LogP contribution is 2.36. The summed E-state index contributed by atoms with van der Waals surface area (Å²) in [5.74, 6) is -0.0940. The van der Waals surface area contributed by atoms with E-state index in [0.29, 0.717) is 23.2 Å². The number of thiol groups is 1. The number of benzene rings is 2. The van der Waals surface area contributed by atoms with Crippen molar-refractivity contribution in [1.82, 2.24) is 0 Å². The quantitative estimate of drug-likeness (QED) is 0.430. The van der Waals surface area contributed by atoms with Gasteiger partial charge in [0.15, 0.2) is 5.82 Å². The van der Waals surface area contributed by atoms with E-state index in [1.54, 1.807) is 12.1 Å². The molecule has 1 atom stereocenters. The van der Waals surface area contributed by atoms with Crippen LogP contribution in [0.3, 0.4) is 0 Å². The summed E-state index contributed by atoms with van der Waals surface area (Å²) in [6.07, 6.45) is 9.10. The van der Waals surface area contributed by atoms with Crippen LogP contribution in [0.5, 0.6) is 5.75 Å². The zero-order chi connectivity index (χ0) is 18.5. The molecule has 0 radical (unpaired) electrons. The van der Waals surface area contributed by atoms with Gasteiger partial charge in [-0.1, -0.05) is 54.1 Å². The van der Waals surface area contributed by atoms with E-state index in [1.807, 2.05) is 43.3 Å². The van der Waals surface area contributed by atoms with E-state index in [-0.39, 0.29) is 5.02 Å². The highest BCUT2D eigenvalue weighted by molar-refractivity contribution is 7.80. The van der Waals surface area contributed by atoms with Crippen molar-refractivity contribution in [1.29, 1.82) is 0 Å². The molecule has 4 heteroatoms. The first kappa shape index (κ1) is 19.1. The maximum absolute atomic E-state index is 14.7. The van der Waals surface area contributed by atoms with Crippen LogP contribution in [-0.2, 0) is 0 Å². The van der Waals surface area contributed by atoms with Gasteiger partial charge in [-0.2, -0.15) is 12.6 Å². The second-order valence-corrected chi connectivity index (χ2v) is 7.46. The third-order valence-corrected chi connectivity index (χ3v) is 5.39. The van der Waals surface area contributed by atoms with Gasteiger partial charge in [-0.25, -0.2) is 4.39 Å². The predicted molar refractivity (Wildman–Crippen MR) is 112 cm³/mol. The monoisotopic (exact) mass is 388 g/mol. The number of hydrogen-bond donors (Lipinski definition) is 1. The van der Waals surface area contributed by atoms with Crippen LogP contribution in [0, 0.1) is 5.82 Å². The van der Waals surface area contributed by atoms with Crippen molar-refractivity contribution in [3.8, 4) is 16.9 Å². The molecule has 0 spiro atoms. The minimum atomic E-state index is -0.452. The molecule has 0 saturated carbocycles. The molecule has 0 aromatic heterocycles. The smallest absolute Gasteiger partial charge is 0.153 e. The van der Waals surface area contributed by atoms with Crippen molar-refractivity contribution in [2.45, 2.75) is 31.4 Å². The highest BCUT2D eigenvalue weighted by atomic mass is 35.5. The third kappa shape index (κ3) is 4.33. The Bertz CT molecular complexity index is 827. The fourth-order valence-corrected chi connectivity index (χ4v) is 3.50. The molecule has 0 aliphatic heterocycles. The van der Waals surface area contributed by atoms with Gasteiger partial charge in [0.05, 0.1) is 0 Å². The second-order valence-electron chi connectivity index (χ2n) is 6.35. The van der Waals surface area contributed by atoms with Crippen molar-refractivity contribution >= 4 is 29.8 Å². The molecule has 0 amide bonds. The summed E-state index contributed by atoms with van der Waals surface area (Å²) in [6.45, 7) is 2.27. The van der Waals surface area contributed by atoms with Crippen LogP contribution in [0.1, 0.15) is 31.7 Å². The maximum atomic E-state index is 14.7. The predicted octanol–water partition coefficient (Wildman–Crippen LogP) is 6.97. The standard InChI is InChI=1S/C22H22ClFOS/c1-2-3-14-25-20-13-12-19(22(24)21(20)23)17-6-4-15(5-7-17)16-8-10-18(26)11-9-16/h2-8,12-13,18,26H,9-11,14H2,1H3/b3-2+. The molecule has 26 heavy (non-hydrogen) atoms. The first-order chi connectivity index (χ1) is 12.6. The van der Waals surface area contributed by atoms with Crippen LogP contribution >= 0.6 is 24.2 Å². The number of hydrogen-bond acceptors (Lipinski definition) is 2. The Labute approximate surface area is 164 Å². The summed E-state index contributed by atoms with van der Waals surface area (Å²) in [7, 11) is 0. The molecule has 2 aromatic rings. The second kappa shape index (κ2) is 8.79. The van der Waals surface area contributed by atoms with Gasteiger partial charge in [-0.05, 0) is 55.0 Å². The van der Waals surface area contributed by atoms with Crippen molar-refractivity contribution in [3.05, 3.63) is 71.0 Å². The van der Waals surface area contributed by atoms with E-state index in [0.717, 1.165) is 24.8 Å². The van der Waals surface area contributed by atoms with Gasteiger partial charge in [0.2, 0.25) is 0 Å². The summed E-state index contributed by atoms with van der Waals surface area (Å²) < 4.78 is 20.2. The zero-order valence-corrected chi connectivity index (χ0v) is 16.4. The van der Waals surface area contributed by atoms with Crippen LogP contribution in [0.4, 0.5) is 4.39 Å². The number of ether oxygens (including phenoxy) is 1. The molecule has 1 aliphatic carbocycles. The van der Waals surface area contributed by atoms with E-state index >= 15 is 0 Å². The zero-order valence-electron chi connectivity index (χ0n) is 14.7. The first-order valence-corrected chi connectivity index (χ1v) is 9.69. The lowest BCUT2D eigenvalue weighted by atomic mass is 9.92. The molecule has 1 unspecified atom stereocenters. The van der Waals surface area contributed by atoms with Gasteiger partial charge < -0.3 is 4.74 Å². The molecule has 1 nitrogen and oxygen atoms in total. The minimum Gasteiger partial charge on any atom is -0.488 e. The van der Waals surface area contributed by atoms with Crippen LogP contribution in [0.25, 0.3) is 16.7 Å². The van der Waals surface area contributed by atoms with Crippen molar-refractivity contribution in [2.24, 2.45) is 0 Å². The Kier molecular flexibility index (Phi) is 6.44. The van der Waals surface area contributed by atoms with E-state index in [4.69, 9.17) is 16.3 Å². The Hall–Kier alpha value is -1.71. The summed E-state index contributed by atoms with van der Waals surface area (Å²) in [6, 6.07) is 11.4. The van der Waals surface area contributed by atoms with E-state index in [9.17, 15) is 4.39 Å². The summed E-state index contributed by atoms with van der Waals surface area (Å²) in [5, 5.41) is 0.480. The van der Waals surface area contributed by atoms with Gasteiger partial charge >= 0.3 is 0 Å². The van der Waals surface area contributed by atoms with Crippen molar-refractivity contribution in [3.63, 3.8) is 0 Å². The molecule has 0 fully saturated rings. The van der Waals surface area contributed by atoms with Gasteiger partial charge in [-0.3, -0.25) is 0 Å². The average molecular weight is 389 g/mol. The fraction of sp³-hybridized carbons (Fsp3) is 0.273. The lowest BCUT2D eigenvalue weighted by Crippen LogP contribution is -2.03. The number of allylic oxidation sites excluding steroid dienone is 3. The molecule has 0 bridgehead atoms. The summed E-state index contributed by atoms with van der Waals surface area (Å²) >= 11 is 10.7. The largest absolute Gasteiger partial charge is 0.488 e. The molecular formula is C22H22ClFOS. The lowest BCUT2D eigenvalue weighted by Gasteiger charge is -2.18. The molecule has 3 rings (SSSR count). The Morgan fingerprint density at radius 1 is 1.19 bits per heavy atom. The van der Waals surface area contributed by atoms with E-state index in [2.05, 4.69) is 18.7 Å². The molecular weight excluding hydrogens is 367 g/mol. The first-order valence-electron chi connectivity index (χ1n) is 8.80. The molecule has 2 aromatic carbocycles. The molecule has 0 heterocycles. The van der Waals surface area contributed by atoms with E-state index in [1.165, 1.54) is 11.1 Å². The van der Waals surface area contributed by atoms with Gasteiger partial charge in [0, 0.05) is 10.8 Å². The van der Waals surface area contributed by atoms with Gasteiger partial charge in [0.25, 0.3) is 0 Å². The fourth-order valence-electron chi connectivity index (χ4n) is 3.05. The minimum absolute atomic E-state index is 0.0193. The Balaban J connectivity index is 1.82. The molecule has 0 saturated heterocycles. The summed E-state index contributed by atoms with van der Waals surface area (Å²) in [5.41, 5.74) is 3.81. The number of halogens is 2. The number of rotatable bonds is 5. The van der Waals surface area contributed by atoms with Crippen LogP contribution in [-0.4, -0.2) is 11.9 Å². The SMILES string of the molecule is C/C=C/COc1ccc(-c2ccc(C3=CCC(S)CC3)cc2)c(F)c1Cl. The lowest BCUT2D eigenvalue weighted by molar-refractivity contribution is 0.361. The molecule has 1 aliphatic rings. The van der Waals surface area contributed by atoms with E-state index < -0.39 is 5.82 Å². The Morgan fingerprint density at radius 3 is 2.58 bits per heavy atom. The van der Waals surface area contributed by atoms with Crippen LogP contribution in [0.15, 0.2) is 54.6 Å². The topological polar surface area (TPSA) is 9.23 Å². The molecule has 0 N–H and O–H groups in total. The van der Waals surface area contributed by atoms with Crippen molar-refractivity contribution in [2.75, 3.05) is 6.61 Å². The average Bonchev–Trinajstić information content (AvgIpc) is 2.66. The van der Waals surface area contributed by atoms with Gasteiger partial charge in [0.1, 0.15) is 17.4 Å². The maximum Gasteiger partial charge on any atom is 0.153 e. The Morgan fingerprint density at radius 2 is 1.92 bits per heavy atom. The normalized spacial score (nSPS) is 17.4. The third-order valence-electron chi connectivity index (χ3n) is 4.57. The summed E-state index contributed by atoms with van der Waals surface area (Å²) in [4.78, 5) is 0. The van der Waals surface area contributed by atoms with Crippen LogP contribution < -0.4 is 4.74 Å². The van der Waals surface area contributed by atoms with Crippen molar-refractivity contribution < 1.29 is 9.13 Å².